The molecule has 1 rings (SSSR count). The number of anilines is 1. The zero-order valence-corrected chi connectivity index (χ0v) is 11.4. The minimum Gasteiger partial charge on any atom is -0.394 e. The molecule has 0 heterocycles. The Kier molecular flexibility index (Phi) is 5.84. The van der Waals surface area contributed by atoms with Crippen LogP contribution in [0.15, 0.2) is 18.2 Å². The predicted octanol–water partition coefficient (Wildman–Crippen LogP) is 0.831. The monoisotopic (exact) mass is 308 g/mol. The van der Waals surface area contributed by atoms with Crippen molar-refractivity contribution in [2.45, 2.75) is 5.54 Å². The van der Waals surface area contributed by atoms with Crippen LogP contribution in [0.25, 0.3) is 0 Å². The number of nitrogens with one attached hydrogen (secondary N) is 2. The van der Waals surface area contributed by atoms with E-state index in [4.69, 9.17) is 38.5 Å². The molecule has 0 radical (unpaired) electrons. The van der Waals surface area contributed by atoms with E-state index >= 15 is 0 Å². The second-order valence-corrected chi connectivity index (χ2v) is 4.78. The van der Waals surface area contributed by atoms with Crippen molar-refractivity contribution in [2.75, 3.05) is 25.1 Å². The number of benzene rings is 1. The molecule has 6 nitrogen and oxygen atoms in total. The van der Waals surface area contributed by atoms with Crippen LogP contribution in [0, 0.1) is 0 Å². The van der Waals surface area contributed by atoms with Crippen LogP contribution in [-0.4, -0.2) is 46.7 Å². The maximum Gasteiger partial charge on any atom is 0.319 e. The highest BCUT2D eigenvalue weighted by molar-refractivity contribution is 6.42. The van der Waals surface area contributed by atoms with E-state index in [2.05, 4.69) is 10.6 Å². The Morgan fingerprint density at radius 1 is 1.11 bits per heavy atom. The van der Waals surface area contributed by atoms with Gasteiger partial charge in [-0.2, -0.15) is 0 Å². The summed E-state index contributed by atoms with van der Waals surface area (Å²) in [7, 11) is 0. The van der Waals surface area contributed by atoms with Gasteiger partial charge in [0.2, 0.25) is 0 Å². The average molecular weight is 309 g/mol. The van der Waals surface area contributed by atoms with Crippen molar-refractivity contribution < 1.29 is 20.1 Å². The van der Waals surface area contributed by atoms with Gasteiger partial charge < -0.3 is 26.0 Å². The van der Waals surface area contributed by atoms with Gasteiger partial charge in [0.15, 0.2) is 0 Å². The molecule has 106 valence electrons. The average Bonchev–Trinajstić information content (AvgIpc) is 2.40. The Morgan fingerprint density at radius 2 is 1.68 bits per heavy atom. The fourth-order valence-electron chi connectivity index (χ4n) is 1.25. The van der Waals surface area contributed by atoms with E-state index in [-0.39, 0.29) is 5.02 Å². The largest absolute Gasteiger partial charge is 0.394 e. The predicted molar refractivity (Wildman–Crippen MR) is 72.6 cm³/mol. The molecule has 0 aliphatic carbocycles. The lowest BCUT2D eigenvalue weighted by atomic mass is 10.0. The summed E-state index contributed by atoms with van der Waals surface area (Å²) < 4.78 is 0. The Balaban J connectivity index is 2.71. The van der Waals surface area contributed by atoms with Gasteiger partial charge in [0, 0.05) is 5.69 Å². The molecule has 8 heteroatoms. The van der Waals surface area contributed by atoms with Gasteiger partial charge in [0.25, 0.3) is 0 Å². The Hall–Kier alpha value is -1.05. The number of hydrogen-bond acceptors (Lipinski definition) is 4. The SMILES string of the molecule is O=C(Nc1ccc(Cl)c(Cl)c1)NC(CO)(CO)CO. The van der Waals surface area contributed by atoms with Crippen molar-refractivity contribution in [3.05, 3.63) is 28.2 Å². The summed E-state index contributed by atoms with van der Waals surface area (Å²) in [6, 6.07) is 3.79. The van der Waals surface area contributed by atoms with Crippen molar-refractivity contribution in [1.29, 1.82) is 0 Å². The maximum atomic E-state index is 11.7. The first kappa shape index (κ1) is 16.0. The van der Waals surface area contributed by atoms with Crippen molar-refractivity contribution in [3.8, 4) is 0 Å². The normalized spacial score (nSPS) is 11.2. The first-order valence-corrected chi connectivity index (χ1v) is 6.09. The Bertz CT molecular complexity index is 444. The molecular weight excluding hydrogens is 295 g/mol. The number of urea groups is 1. The van der Waals surface area contributed by atoms with Crippen LogP contribution in [-0.2, 0) is 0 Å². The number of amides is 2. The second kappa shape index (κ2) is 6.93. The fraction of sp³-hybridized carbons (Fsp3) is 0.364. The standard InChI is InChI=1S/C11H14Cl2N2O4/c12-8-2-1-7(3-9(8)13)14-10(19)15-11(4-16,5-17)6-18/h1-3,16-18H,4-6H2,(H2,14,15,19). The van der Waals surface area contributed by atoms with Gasteiger partial charge in [0.1, 0.15) is 5.54 Å². The number of carbonyl (C=O) groups is 1. The quantitative estimate of drug-likeness (QED) is 0.556. The van der Waals surface area contributed by atoms with Crippen molar-refractivity contribution in [1.82, 2.24) is 5.32 Å². The molecule has 2 amide bonds. The molecule has 0 aliphatic rings. The summed E-state index contributed by atoms with van der Waals surface area (Å²) in [5.74, 6) is 0. The highest BCUT2D eigenvalue weighted by atomic mass is 35.5. The van der Waals surface area contributed by atoms with E-state index in [1.54, 1.807) is 0 Å². The number of aliphatic hydroxyl groups is 3. The molecule has 1 aromatic rings. The molecule has 19 heavy (non-hydrogen) atoms. The molecule has 0 fully saturated rings. The Morgan fingerprint density at radius 3 is 2.16 bits per heavy atom. The van der Waals surface area contributed by atoms with Crippen LogP contribution in [0.4, 0.5) is 10.5 Å². The third-order valence-corrected chi connectivity index (χ3v) is 3.20. The molecule has 0 aliphatic heterocycles. The topological polar surface area (TPSA) is 102 Å². The molecular formula is C11H14Cl2N2O4. The molecule has 0 spiro atoms. The third kappa shape index (κ3) is 4.22. The zero-order valence-electron chi connectivity index (χ0n) is 9.86. The molecule has 5 N–H and O–H groups in total. The maximum absolute atomic E-state index is 11.7. The number of hydrogen-bond donors (Lipinski definition) is 5. The van der Waals surface area contributed by atoms with Crippen molar-refractivity contribution >= 4 is 34.9 Å². The molecule has 1 aromatic carbocycles. The summed E-state index contributed by atoms with van der Waals surface area (Å²) in [4.78, 5) is 11.7. The molecule has 0 saturated heterocycles. The van der Waals surface area contributed by atoms with Crippen LogP contribution < -0.4 is 10.6 Å². The van der Waals surface area contributed by atoms with E-state index < -0.39 is 31.4 Å². The van der Waals surface area contributed by atoms with Gasteiger partial charge in [-0.3, -0.25) is 0 Å². The lowest BCUT2D eigenvalue weighted by Crippen LogP contribution is -2.58. The highest BCUT2D eigenvalue weighted by Gasteiger charge is 2.29. The van der Waals surface area contributed by atoms with Gasteiger partial charge in [-0.15, -0.1) is 0 Å². The van der Waals surface area contributed by atoms with Gasteiger partial charge in [-0.25, -0.2) is 4.79 Å². The van der Waals surface area contributed by atoms with Gasteiger partial charge >= 0.3 is 6.03 Å². The van der Waals surface area contributed by atoms with Crippen LogP contribution in [0.1, 0.15) is 0 Å². The summed E-state index contributed by atoms with van der Waals surface area (Å²) in [5.41, 5.74) is -1.10. The fourth-order valence-corrected chi connectivity index (χ4v) is 1.54. The molecule has 0 aromatic heterocycles. The number of carbonyl (C=O) groups excluding carboxylic acids is 1. The molecule has 0 saturated carbocycles. The second-order valence-electron chi connectivity index (χ2n) is 3.96. The van der Waals surface area contributed by atoms with Gasteiger partial charge in [-0.05, 0) is 18.2 Å². The minimum absolute atomic E-state index is 0.275. The number of rotatable bonds is 5. The highest BCUT2D eigenvalue weighted by Crippen LogP contribution is 2.24. The van der Waals surface area contributed by atoms with Gasteiger partial charge in [-0.1, -0.05) is 23.2 Å². The summed E-state index contributed by atoms with van der Waals surface area (Å²) in [5, 5.41) is 32.6. The van der Waals surface area contributed by atoms with Crippen LogP contribution in [0.2, 0.25) is 10.0 Å². The first-order valence-electron chi connectivity index (χ1n) is 5.33. The van der Waals surface area contributed by atoms with E-state index in [1.807, 2.05) is 0 Å². The van der Waals surface area contributed by atoms with Crippen molar-refractivity contribution in [2.24, 2.45) is 0 Å². The number of halogens is 2. The number of aliphatic hydroxyl groups excluding tert-OH is 3. The molecule has 0 bridgehead atoms. The molecule has 0 unspecified atom stereocenters. The summed E-state index contributed by atoms with van der Waals surface area (Å²) >= 11 is 11.5. The first-order chi connectivity index (χ1) is 8.96. The molecule has 0 atom stereocenters. The Labute approximate surface area is 120 Å². The van der Waals surface area contributed by atoms with Crippen LogP contribution >= 0.6 is 23.2 Å². The lowest BCUT2D eigenvalue weighted by molar-refractivity contribution is 0.0507. The summed E-state index contributed by atoms with van der Waals surface area (Å²) in [6.45, 7) is -1.81. The summed E-state index contributed by atoms with van der Waals surface area (Å²) in [6.07, 6.45) is 0. The van der Waals surface area contributed by atoms with E-state index in [0.29, 0.717) is 10.7 Å². The van der Waals surface area contributed by atoms with E-state index in [9.17, 15) is 4.79 Å². The van der Waals surface area contributed by atoms with Crippen molar-refractivity contribution in [3.63, 3.8) is 0 Å². The lowest BCUT2D eigenvalue weighted by Gasteiger charge is -2.28. The smallest absolute Gasteiger partial charge is 0.319 e. The van der Waals surface area contributed by atoms with Crippen LogP contribution in [0.3, 0.4) is 0 Å². The van der Waals surface area contributed by atoms with Crippen LogP contribution in [0.5, 0.6) is 0 Å². The van der Waals surface area contributed by atoms with E-state index in [1.165, 1.54) is 18.2 Å². The van der Waals surface area contributed by atoms with E-state index in [0.717, 1.165) is 0 Å². The van der Waals surface area contributed by atoms with Gasteiger partial charge in [0.05, 0.1) is 29.9 Å². The third-order valence-electron chi connectivity index (χ3n) is 2.46. The minimum atomic E-state index is -1.49. The zero-order chi connectivity index (χ0) is 14.5.